The zero-order chi connectivity index (χ0) is 13.4. The Hall–Kier alpha value is -1.54. The molecule has 96 valence electrons. The SMILES string of the molecule is CC(C)(O)C1=C/C(=C/c2ccccc2)C(C)(C)O1. The average Bonchev–Trinajstić information content (AvgIpc) is 2.56. The minimum atomic E-state index is -0.941. The Balaban J connectivity index is 2.38. The van der Waals surface area contributed by atoms with Gasteiger partial charge in [-0.1, -0.05) is 30.3 Å². The first-order valence-electron chi connectivity index (χ1n) is 6.20. The zero-order valence-electron chi connectivity index (χ0n) is 11.4. The van der Waals surface area contributed by atoms with Crippen LogP contribution >= 0.6 is 0 Å². The third-order valence-electron chi connectivity index (χ3n) is 3.07. The van der Waals surface area contributed by atoms with Gasteiger partial charge in [0.05, 0.1) is 0 Å². The molecule has 0 amide bonds. The van der Waals surface area contributed by atoms with Crippen LogP contribution in [0.2, 0.25) is 0 Å². The van der Waals surface area contributed by atoms with Crippen molar-refractivity contribution in [2.75, 3.05) is 0 Å². The molecule has 2 nitrogen and oxygen atoms in total. The highest BCUT2D eigenvalue weighted by Gasteiger charge is 2.37. The maximum atomic E-state index is 10.0. The van der Waals surface area contributed by atoms with Gasteiger partial charge in [-0.05, 0) is 51.0 Å². The molecule has 0 spiro atoms. The fourth-order valence-electron chi connectivity index (χ4n) is 1.92. The molecule has 1 aliphatic rings. The van der Waals surface area contributed by atoms with E-state index in [1.165, 1.54) is 0 Å². The van der Waals surface area contributed by atoms with Gasteiger partial charge in [0.25, 0.3) is 0 Å². The first kappa shape index (κ1) is 12.9. The normalized spacial score (nSPS) is 20.7. The average molecular weight is 244 g/mol. The van der Waals surface area contributed by atoms with Crippen LogP contribution in [0, 0.1) is 0 Å². The van der Waals surface area contributed by atoms with E-state index in [0.29, 0.717) is 5.76 Å². The van der Waals surface area contributed by atoms with Crippen molar-refractivity contribution in [3.05, 3.63) is 53.3 Å². The van der Waals surface area contributed by atoms with Gasteiger partial charge in [0.15, 0.2) is 0 Å². The third-order valence-corrected chi connectivity index (χ3v) is 3.07. The Morgan fingerprint density at radius 3 is 2.28 bits per heavy atom. The highest BCUT2D eigenvalue weighted by molar-refractivity contribution is 5.60. The number of ether oxygens (including phenoxy) is 1. The molecule has 1 aromatic rings. The van der Waals surface area contributed by atoms with E-state index >= 15 is 0 Å². The minimum absolute atomic E-state index is 0.398. The van der Waals surface area contributed by atoms with Gasteiger partial charge in [-0.15, -0.1) is 0 Å². The molecule has 0 saturated carbocycles. The van der Waals surface area contributed by atoms with E-state index in [1.807, 2.05) is 38.1 Å². The summed E-state index contributed by atoms with van der Waals surface area (Å²) in [4.78, 5) is 0. The predicted molar refractivity (Wildman–Crippen MR) is 74.0 cm³/mol. The van der Waals surface area contributed by atoms with Crippen molar-refractivity contribution in [1.29, 1.82) is 0 Å². The summed E-state index contributed by atoms with van der Waals surface area (Å²) >= 11 is 0. The van der Waals surface area contributed by atoms with E-state index in [9.17, 15) is 5.11 Å². The summed E-state index contributed by atoms with van der Waals surface area (Å²) in [6, 6.07) is 10.1. The lowest BCUT2D eigenvalue weighted by atomic mass is 9.96. The molecule has 0 unspecified atom stereocenters. The minimum Gasteiger partial charge on any atom is -0.484 e. The number of hydrogen-bond donors (Lipinski definition) is 1. The molecule has 1 N–H and O–H groups in total. The Labute approximate surface area is 109 Å². The number of benzene rings is 1. The highest BCUT2D eigenvalue weighted by Crippen LogP contribution is 2.38. The number of aliphatic hydroxyl groups is 1. The molecule has 0 bridgehead atoms. The summed E-state index contributed by atoms with van der Waals surface area (Å²) in [5.74, 6) is 0.620. The summed E-state index contributed by atoms with van der Waals surface area (Å²) in [5.41, 5.74) is 0.873. The van der Waals surface area contributed by atoms with Crippen molar-refractivity contribution in [1.82, 2.24) is 0 Å². The molecular formula is C16H20O2. The summed E-state index contributed by atoms with van der Waals surface area (Å²) in [6.45, 7) is 7.49. The molecule has 0 atom stereocenters. The van der Waals surface area contributed by atoms with Gasteiger partial charge < -0.3 is 9.84 Å². The molecule has 1 heterocycles. The summed E-state index contributed by atoms with van der Waals surface area (Å²) in [7, 11) is 0. The second-order valence-electron chi connectivity index (χ2n) is 5.69. The molecule has 18 heavy (non-hydrogen) atoms. The van der Waals surface area contributed by atoms with E-state index in [0.717, 1.165) is 11.1 Å². The highest BCUT2D eigenvalue weighted by atomic mass is 16.5. The Morgan fingerprint density at radius 2 is 1.78 bits per heavy atom. The fraction of sp³-hybridized carbons (Fsp3) is 0.375. The van der Waals surface area contributed by atoms with Crippen molar-refractivity contribution in [2.24, 2.45) is 0 Å². The van der Waals surface area contributed by atoms with Crippen LogP contribution in [0.3, 0.4) is 0 Å². The van der Waals surface area contributed by atoms with Crippen LogP contribution in [0.1, 0.15) is 33.3 Å². The third kappa shape index (κ3) is 2.65. The smallest absolute Gasteiger partial charge is 0.129 e. The quantitative estimate of drug-likeness (QED) is 0.862. The first-order chi connectivity index (χ1) is 8.29. The fourth-order valence-corrected chi connectivity index (χ4v) is 1.92. The molecule has 0 saturated heterocycles. The van der Waals surface area contributed by atoms with Crippen LogP contribution in [0.25, 0.3) is 6.08 Å². The Morgan fingerprint density at radius 1 is 1.17 bits per heavy atom. The van der Waals surface area contributed by atoms with E-state index in [4.69, 9.17) is 4.74 Å². The topological polar surface area (TPSA) is 29.5 Å². The van der Waals surface area contributed by atoms with Gasteiger partial charge >= 0.3 is 0 Å². The van der Waals surface area contributed by atoms with Crippen LogP contribution in [0.15, 0.2) is 47.7 Å². The van der Waals surface area contributed by atoms with Crippen molar-refractivity contribution < 1.29 is 9.84 Å². The second kappa shape index (κ2) is 4.29. The number of hydrogen-bond acceptors (Lipinski definition) is 2. The molecule has 1 aliphatic heterocycles. The van der Waals surface area contributed by atoms with Crippen LogP contribution in [0.4, 0.5) is 0 Å². The lowest BCUT2D eigenvalue weighted by Gasteiger charge is -2.26. The van der Waals surface area contributed by atoms with Crippen LogP contribution in [-0.4, -0.2) is 16.3 Å². The van der Waals surface area contributed by atoms with E-state index in [1.54, 1.807) is 13.8 Å². The van der Waals surface area contributed by atoms with Gasteiger partial charge in [0, 0.05) is 0 Å². The van der Waals surface area contributed by atoms with Gasteiger partial charge in [0.1, 0.15) is 17.0 Å². The standard InChI is InChI=1S/C16H20O2/c1-15(2,17)14-11-13(16(3,4)18-14)10-12-8-6-5-7-9-12/h5-11,17H,1-4H3/b13-10-. The van der Waals surface area contributed by atoms with Crippen molar-refractivity contribution in [3.63, 3.8) is 0 Å². The monoisotopic (exact) mass is 244 g/mol. The lowest BCUT2D eigenvalue weighted by Crippen LogP contribution is -2.27. The molecular weight excluding hydrogens is 224 g/mol. The molecule has 0 aromatic heterocycles. The maximum absolute atomic E-state index is 10.0. The van der Waals surface area contributed by atoms with Gasteiger partial charge in [-0.2, -0.15) is 0 Å². The van der Waals surface area contributed by atoms with E-state index in [2.05, 4.69) is 18.2 Å². The van der Waals surface area contributed by atoms with Crippen LogP contribution < -0.4 is 0 Å². The lowest BCUT2D eigenvalue weighted by molar-refractivity contribution is -0.00103. The summed E-state index contributed by atoms with van der Waals surface area (Å²) in [6.07, 6.45) is 4.03. The second-order valence-corrected chi connectivity index (χ2v) is 5.69. The predicted octanol–water partition coefficient (Wildman–Crippen LogP) is 3.53. The zero-order valence-corrected chi connectivity index (χ0v) is 11.4. The Bertz CT molecular complexity index is 488. The molecule has 0 fully saturated rings. The molecule has 2 rings (SSSR count). The maximum Gasteiger partial charge on any atom is 0.129 e. The summed E-state index contributed by atoms with van der Waals surface area (Å²) < 4.78 is 5.84. The molecule has 2 heteroatoms. The van der Waals surface area contributed by atoms with Crippen LogP contribution in [0.5, 0.6) is 0 Å². The van der Waals surface area contributed by atoms with E-state index < -0.39 is 11.2 Å². The van der Waals surface area contributed by atoms with Crippen molar-refractivity contribution in [2.45, 2.75) is 38.9 Å². The molecule has 1 aromatic carbocycles. The largest absolute Gasteiger partial charge is 0.484 e. The molecule has 0 radical (unpaired) electrons. The van der Waals surface area contributed by atoms with Gasteiger partial charge in [0.2, 0.25) is 0 Å². The van der Waals surface area contributed by atoms with Crippen molar-refractivity contribution >= 4 is 6.08 Å². The first-order valence-corrected chi connectivity index (χ1v) is 6.20. The van der Waals surface area contributed by atoms with Gasteiger partial charge in [-0.3, -0.25) is 0 Å². The van der Waals surface area contributed by atoms with E-state index in [-0.39, 0.29) is 0 Å². The summed E-state index contributed by atoms with van der Waals surface area (Å²) in [5, 5.41) is 10.0. The van der Waals surface area contributed by atoms with Crippen LogP contribution in [-0.2, 0) is 4.74 Å². The van der Waals surface area contributed by atoms with Gasteiger partial charge in [-0.25, -0.2) is 0 Å². The van der Waals surface area contributed by atoms with Crippen molar-refractivity contribution in [3.8, 4) is 0 Å². The Kier molecular flexibility index (Phi) is 3.07. The molecule has 0 aliphatic carbocycles. The number of rotatable bonds is 2.